The van der Waals surface area contributed by atoms with Crippen LogP contribution in [0.25, 0.3) is 0 Å². The minimum atomic E-state index is -0.761. The zero-order valence-electron chi connectivity index (χ0n) is 15.7. The summed E-state index contributed by atoms with van der Waals surface area (Å²) in [6, 6.07) is 10.7. The van der Waals surface area contributed by atoms with E-state index >= 15 is 0 Å². The van der Waals surface area contributed by atoms with Crippen molar-refractivity contribution in [1.29, 1.82) is 0 Å². The molecule has 7 nitrogen and oxygen atoms in total. The Labute approximate surface area is 160 Å². The van der Waals surface area contributed by atoms with E-state index in [1.54, 1.807) is 0 Å². The van der Waals surface area contributed by atoms with Crippen LogP contribution < -0.4 is 21.7 Å². The van der Waals surface area contributed by atoms with Crippen molar-refractivity contribution in [2.24, 2.45) is 17.8 Å². The molecule has 7 heteroatoms. The van der Waals surface area contributed by atoms with E-state index in [0.717, 1.165) is 39.1 Å². The van der Waals surface area contributed by atoms with Gasteiger partial charge in [0, 0.05) is 38.1 Å². The summed E-state index contributed by atoms with van der Waals surface area (Å²) in [7, 11) is 0. The number of nitrogens with zero attached hydrogens (tertiary/aromatic N) is 1. The topological polar surface area (TPSA) is 88.7 Å². The third-order valence-electron chi connectivity index (χ3n) is 6.38. The van der Waals surface area contributed by atoms with Gasteiger partial charge < -0.3 is 10.0 Å². The molecule has 5 unspecified atom stereocenters. The average molecular weight is 374 g/mol. The number of carboxylic acids is 1. The van der Waals surface area contributed by atoms with E-state index in [-0.39, 0.29) is 5.92 Å². The summed E-state index contributed by atoms with van der Waals surface area (Å²) < 4.78 is 0. The van der Waals surface area contributed by atoms with Crippen LogP contribution in [0.5, 0.6) is 0 Å². The third-order valence-corrected chi connectivity index (χ3v) is 6.38. The van der Waals surface area contributed by atoms with Crippen LogP contribution in [0.4, 0.5) is 0 Å². The van der Waals surface area contributed by atoms with Gasteiger partial charge in [-0.05, 0) is 43.2 Å². The Morgan fingerprint density at radius 2 is 1.89 bits per heavy atom. The quantitative estimate of drug-likeness (QED) is 0.487. The van der Waals surface area contributed by atoms with Crippen LogP contribution in [0.2, 0.25) is 0 Å². The Morgan fingerprint density at radius 3 is 2.70 bits per heavy atom. The molecule has 0 saturated carbocycles. The fourth-order valence-corrected chi connectivity index (χ4v) is 5.02. The normalized spacial score (nSPS) is 34.7. The first kappa shape index (κ1) is 18.8. The molecule has 3 aliphatic rings. The molecule has 0 radical (unpaired) electrons. The second-order valence-corrected chi connectivity index (χ2v) is 8.26. The van der Waals surface area contributed by atoms with E-state index in [1.807, 2.05) is 0 Å². The molecule has 3 fully saturated rings. The minimum Gasteiger partial charge on any atom is -0.480 e. The van der Waals surface area contributed by atoms with Crippen molar-refractivity contribution in [1.82, 2.24) is 26.6 Å². The van der Waals surface area contributed by atoms with Crippen LogP contribution in [0.15, 0.2) is 30.3 Å². The Kier molecular flexibility index (Phi) is 6.04. The lowest BCUT2D eigenvalue weighted by molar-refractivity contribution is -0.140. The lowest BCUT2D eigenvalue weighted by atomic mass is 9.81. The molecule has 4 rings (SSSR count). The number of piperidine rings is 1. The number of likely N-dealkylation sites (tertiary alicyclic amines) is 1. The van der Waals surface area contributed by atoms with Crippen molar-refractivity contribution in [3.05, 3.63) is 35.9 Å². The summed E-state index contributed by atoms with van der Waals surface area (Å²) in [6.07, 6.45) is 3.52. The van der Waals surface area contributed by atoms with Crippen LogP contribution in [-0.4, -0.2) is 60.8 Å². The highest BCUT2D eigenvalue weighted by molar-refractivity contribution is 5.74. The summed E-state index contributed by atoms with van der Waals surface area (Å²) in [5, 5.41) is 9.37. The summed E-state index contributed by atoms with van der Waals surface area (Å²) in [4.78, 5) is 13.9. The van der Waals surface area contributed by atoms with E-state index in [4.69, 9.17) is 0 Å². The zero-order chi connectivity index (χ0) is 18.6. The van der Waals surface area contributed by atoms with Crippen LogP contribution in [0.3, 0.4) is 0 Å². The lowest BCUT2D eigenvalue weighted by Gasteiger charge is -2.38. The molecule has 3 aliphatic heterocycles. The molecule has 0 amide bonds. The molecule has 27 heavy (non-hydrogen) atoms. The van der Waals surface area contributed by atoms with Gasteiger partial charge in [-0.25, -0.2) is 5.43 Å². The molecular formula is C20H31N5O2. The van der Waals surface area contributed by atoms with Crippen molar-refractivity contribution in [3.8, 4) is 0 Å². The molecule has 0 spiro atoms. The smallest absolute Gasteiger partial charge is 0.322 e. The van der Waals surface area contributed by atoms with Gasteiger partial charge in [0.1, 0.15) is 6.04 Å². The van der Waals surface area contributed by atoms with E-state index in [2.05, 4.69) is 56.9 Å². The van der Waals surface area contributed by atoms with Gasteiger partial charge >= 0.3 is 5.97 Å². The molecule has 0 aromatic heterocycles. The van der Waals surface area contributed by atoms with Gasteiger partial charge in [-0.15, -0.1) is 0 Å². The Bertz CT molecular complexity index is 628. The van der Waals surface area contributed by atoms with Gasteiger partial charge in [-0.3, -0.25) is 21.1 Å². The summed E-state index contributed by atoms with van der Waals surface area (Å²) >= 11 is 0. The van der Waals surface area contributed by atoms with Crippen molar-refractivity contribution in [2.45, 2.75) is 31.3 Å². The maximum absolute atomic E-state index is 11.4. The highest BCUT2D eigenvalue weighted by atomic mass is 16.4. The van der Waals surface area contributed by atoms with Gasteiger partial charge in [0.25, 0.3) is 0 Å². The number of hydrazine groups is 2. The number of rotatable bonds is 6. The first-order valence-electron chi connectivity index (χ1n) is 10.2. The van der Waals surface area contributed by atoms with Crippen LogP contribution >= 0.6 is 0 Å². The van der Waals surface area contributed by atoms with Gasteiger partial charge in [0.2, 0.25) is 0 Å². The molecule has 148 valence electrons. The number of hydrogen-bond acceptors (Lipinski definition) is 6. The van der Waals surface area contributed by atoms with E-state index in [1.165, 1.54) is 18.4 Å². The summed E-state index contributed by atoms with van der Waals surface area (Å²) in [5.41, 5.74) is 14.2. The van der Waals surface area contributed by atoms with Crippen molar-refractivity contribution < 1.29 is 9.90 Å². The number of aliphatic carboxylic acids is 1. The molecule has 3 saturated heterocycles. The number of hydrogen-bond donors (Lipinski definition) is 5. The first-order chi connectivity index (χ1) is 13.2. The highest BCUT2D eigenvalue weighted by Crippen LogP contribution is 2.28. The van der Waals surface area contributed by atoms with Gasteiger partial charge in [0.05, 0.1) is 0 Å². The molecule has 5 N–H and O–H groups in total. The molecule has 5 atom stereocenters. The second-order valence-electron chi connectivity index (χ2n) is 8.26. The van der Waals surface area contributed by atoms with Crippen molar-refractivity contribution in [3.63, 3.8) is 0 Å². The number of carboxylic acid groups (broad SMARTS) is 1. The molecule has 1 aromatic rings. The fraction of sp³-hybridized carbons (Fsp3) is 0.650. The number of benzene rings is 1. The largest absolute Gasteiger partial charge is 0.480 e. The molecule has 0 aliphatic carbocycles. The predicted octanol–water partition coefficient (Wildman–Crippen LogP) is 0.211. The van der Waals surface area contributed by atoms with Crippen molar-refractivity contribution >= 4 is 5.97 Å². The average Bonchev–Trinajstić information content (AvgIpc) is 3.32. The predicted molar refractivity (Wildman–Crippen MR) is 104 cm³/mol. The third kappa shape index (κ3) is 4.50. The van der Waals surface area contributed by atoms with Gasteiger partial charge in [0.15, 0.2) is 0 Å². The monoisotopic (exact) mass is 373 g/mol. The maximum atomic E-state index is 11.4. The molecular weight excluding hydrogens is 342 g/mol. The van der Waals surface area contributed by atoms with Gasteiger partial charge in [-0.2, -0.15) is 0 Å². The highest BCUT2D eigenvalue weighted by Gasteiger charge is 2.38. The number of carbonyl (C=O) groups is 1. The second kappa shape index (κ2) is 8.67. The van der Waals surface area contributed by atoms with E-state index in [0.29, 0.717) is 17.9 Å². The maximum Gasteiger partial charge on any atom is 0.322 e. The zero-order valence-corrected chi connectivity index (χ0v) is 15.7. The van der Waals surface area contributed by atoms with Gasteiger partial charge in [-0.1, -0.05) is 30.3 Å². The van der Waals surface area contributed by atoms with Crippen LogP contribution in [0, 0.1) is 17.8 Å². The van der Waals surface area contributed by atoms with Crippen LogP contribution in [-0.2, 0) is 11.2 Å². The number of nitrogens with one attached hydrogen (secondary N) is 4. The van der Waals surface area contributed by atoms with E-state index < -0.39 is 12.0 Å². The standard InChI is InChI=1S/C20H31N5O2/c26-20(27)19-17(11-22-24-19)13-25-8-4-7-15(12-25)18-16(10-21-23-18)9-14-5-2-1-3-6-14/h1-3,5-6,15-19,21-24H,4,7-13H2,(H,26,27). The molecule has 1 aromatic carbocycles. The van der Waals surface area contributed by atoms with E-state index in [9.17, 15) is 9.90 Å². The lowest BCUT2D eigenvalue weighted by Crippen LogP contribution is -2.49. The minimum absolute atomic E-state index is 0.121. The van der Waals surface area contributed by atoms with Crippen LogP contribution in [0.1, 0.15) is 18.4 Å². The molecule has 3 heterocycles. The Hall–Kier alpha value is -1.51. The Morgan fingerprint density at radius 1 is 1.11 bits per heavy atom. The fourth-order valence-electron chi connectivity index (χ4n) is 5.02. The summed E-state index contributed by atoms with van der Waals surface area (Å²) in [6.45, 7) is 4.69. The van der Waals surface area contributed by atoms with Crippen molar-refractivity contribution in [2.75, 3.05) is 32.7 Å². The Balaban J connectivity index is 1.35. The summed E-state index contributed by atoms with van der Waals surface area (Å²) in [5.74, 6) is 0.561. The SMILES string of the molecule is O=C(O)C1NNCC1CN1CCCC(C2NNCC2Cc2ccccc2)C1. The first-order valence-corrected chi connectivity index (χ1v) is 10.2. The molecule has 0 bridgehead atoms.